The minimum Gasteiger partial charge on any atom is -0.484 e. The zero-order chi connectivity index (χ0) is 25.6. The molecule has 1 saturated heterocycles. The molecule has 0 unspecified atom stereocenters. The molecule has 1 aliphatic rings. The van der Waals surface area contributed by atoms with Crippen LogP contribution in [0.3, 0.4) is 0 Å². The number of likely N-dealkylation sites (tertiary alicyclic amines) is 1. The average Bonchev–Trinajstić information content (AvgIpc) is 3.40. The van der Waals surface area contributed by atoms with E-state index in [-0.39, 0.29) is 24.4 Å². The van der Waals surface area contributed by atoms with E-state index in [1.807, 2.05) is 58.1 Å². The summed E-state index contributed by atoms with van der Waals surface area (Å²) in [6, 6.07) is 17.1. The molecule has 0 radical (unpaired) electrons. The van der Waals surface area contributed by atoms with Crippen LogP contribution in [0.2, 0.25) is 0 Å². The first-order valence-electron chi connectivity index (χ1n) is 12.3. The molecule has 190 valence electrons. The highest BCUT2D eigenvalue weighted by Crippen LogP contribution is 2.29. The van der Waals surface area contributed by atoms with E-state index in [0.717, 1.165) is 29.7 Å². The Hall–Kier alpha value is -4.40. The van der Waals surface area contributed by atoms with Crippen molar-refractivity contribution in [3.63, 3.8) is 0 Å². The largest absolute Gasteiger partial charge is 0.484 e. The van der Waals surface area contributed by atoms with Gasteiger partial charge in [-0.3, -0.25) is 4.79 Å². The number of carbonyl (C=O) groups is 2. The second-order valence-corrected chi connectivity index (χ2v) is 9.06. The standard InChI is InChI=1S/C28H28FN5O3/c29-23-3-7-25(8-4-23)37-19-27(35)34-14-10-22(11-15-34)21-1-5-24(6-2-21)32-28(36)31-18-20-9-13-33-16-12-30-26(33)17-20/h1-9,12-13,16-17,22H,10-11,14-15,18-19H2,(H2,31,32,36). The Balaban J connectivity index is 1.05. The van der Waals surface area contributed by atoms with Crippen LogP contribution in [0.15, 0.2) is 79.3 Å². The maximum atomic E-state index is 13.0. The number of benzene rings is 2. The van der Waals surface area contributed by atoms with Crippen molar-refractivity contribution in [3.8, 4) is 5.75 Å². The molecule has 2 aromatic heterocycles. The first-order chi connectivity index (χ1) is 18.0. The fraction of sp³-hybridized carbons (Fsp3) is 0.250. The number of amides is 3. The van der Waals surface area contributed by atoms with E-state index in [0.29, 0.717) is 31.3 Å². The molecule has 0 aliphatic carbocycles. The highest BCUT2D eigenvalue weighted by Gasteiger charge is 2.24. The second kappa shape index (κ2) is 11.1. The number of piperidine rings is 1. The molecule has 9 heteroatoms. The molecule has 3 heterocycles. The maximum Gasteiger partial charge on any atom is 0.319 e. The number of imidazole rings is 1. The number of urea groups is 1. The molecular weight excluding hydrogens is 473 g/mol. The number of halogens is 1. The number of carbonyl (C=O) groups excluding carboxylic acids is 2. The van der Waals surface area contributed by atoms with Gasteiger partial charge in [0.15, 0.2) is 6.61 Å². The summed E-state index contributed by atoms with van der Waals surface area (Å²) in [5, 5.41) is 5.74. The third-order valence-electron chi connectivity index (χ3n) is 6.58. The maximum absolute atomic E-state index is 13.0. The van der Waals surface area contributed by atoms with Crippen LogP contribution >= 0.6 is 0 Å². The molecule has 1 aliphatic heterocycles. The van der Waals surface area contributed by atoms with Crippen molar-refractivity contribution in [2.75, 3.05) is 25.0 Å². The fourth-order valence-electron chi connectivity index (χ4n) is 4.49. The third-order valence-corrected chi connectivity index (χ3v) is 6.58. The van der Waals surface area contributed by atoms with Gasteiger partial charge in [-0.05, 0) is 78.4 Å². The van der Waals surface area contributed by atoms with Crippen molar-refractivity contribution < 1.29 is 18.7 Å². The topological polar surface area (TPSA) is 88.0 Å². The Morgan fingerprint density at radius 3 is 2.51 bits per heavy atom. The van der Waals surface area contributed by atoms with Gasteiger partial charge in [0.05, 0.1) is 0 Å². The summed E-state index contributed by atoms with van der Waals surface area (Å²) >= 11 is 0. The number of anilines is 1. The van der Waals surface area contributed by atoms with Gasteiger partial charge >= 0.3 is 6.03 Å². The van der Waals surface area contributed by atoms with Crippen LogP contribution in [0.4, 0.5) is 14.9 Å². The van der Waals surface area contributed by atoms with E-state index in [1.54, 1.807) is 6.20 Å². The number of hydrogen-bond donors (Lipinski definition) is 2. The van der Waals surface area contributed by atoms with Crippen LogP contribution in [-0.2, 0) is 11.3 Å². The summed E-state index contributed by atoms with van der Waals surface area (Å²) in [6.07, 6.45) is 7.24. The molecule has 5 rings (SSSR count). The molecule has 1 fully saturated rings. The Kier molecular flexibility index (Phi) is 7.30. The molecule has 0 spiro atoms. The van der Waals surface area contributed by atoms with Crippen molar-refractivity contribution in [1.82, 2.24) is 19.6 Å². The van der Waals surface area contributed by atoms with Crippen LogP contribution in [-0.4, -0.2) is 45.9 Å². The lowest BCUT2D eigenvalue weighted by molar-refractivity contribution is -0.134. The molecule has 2 N–H and O–H groups in total. The lowest BCUT2D eigenvalue weighted by atomic mass is 9.89. The molecular formula is C28H28FN5O3. The number of rotatable bonds is 7. The van der Waals surface area contributed by atoms with E-state index < -0.39 is 0 Å². The normalized spacial score (nSPS) is 13.9. The third kappa shape index (κ3) is 6.24. The lowest BCUT2D eigenvalue weighted by Crippen LogP contribution is -2.40. The van der Waals surface area contributed by atoms with Crippen LogP contribution < -0.4 is 15.4 Å². The zero-order valence-electron chi connectivity index (χ0n) is 20.3. The van der Waals surface area contributed by atoms with Crippen molar-refractivity contribution in [2.45, 2.75) is 25.3 Å². The van der Waals surface area contributed by atoms with Gasteiger partial charge in [0.25, 0.3) is 5.91 Å². The monoisotopic (exact) mass is 501 g/mol. The minimum absolute atomic E-state index is 0.0588. The summed E-state index contributed by atoms with van der Waals surface area (Å²) in [4.78, 5) is 30.9. The molecule has 37 heavy (non-hydrogen) atoms. The molecule has 3 amide bonds. The lowest BCUT2D eigenvalue weighted by Gasteiger charge is -2.32. The number of nitrogens with zero attached hydrogens (tertiary/aromatic N) is 3. The van der Waals surface area contributed by atoms with Crippen molar-refractivity contribution >= 4 is 23.3 Å². The first-order valence-corrected chi connectivity index (χ1v) is 12.3. The predicted molar refractivity (Wildman–Crippen MR) is 138 cm³/mol. The van der Waals surface area contributed by atoms with Crippen LogP contribution in [0.5, 0.6) is 5.75 Å². The summed E-state index contributed by atoms with van der Waals surface area (Å²) in [5.74, 6) is 0.413. The zero-order valence-corrected chi connectivity index (χ0v) is 20.3. The van der Waals surface area contributed by atoms with Crippen LogP contribution in [0.25, 0.3) is 5.65 Å². The smallest absolute Gasteiger partial charge is 0.319 e. The summed E-state index contributed by atoms with van der Waals surface area (Å²) in [5.41, 5.74) is 3.71. The summed E-state index contributed by atoms with van der Waals surface area (Å²) in [7, 11) is 0. The van der Waals surface area contributed by atoms with Gasteiger partial charge in [0.1, 0.15) is 17.2 Å². The van der Waals surface area contributed by atoms with Crippen molar-refractivity contribution in [3.05, 3.63) is 96.2 Å². The Bertz CT molecular complexity index is 1360. The molecule has 4 aromatic rings. The molecule has 0 atom stereocenters. The minimum atomic E-state index is -0.340. The van der Waals surface area contributed by atoms with E-state index in [2.05, 4.69) is 15.6 Å². The van der Waals surface area contributed by atoms with E-state index in [4.69, 9.17) is 4.74 Å². The highest BCUT2D eigenvalue weighted by atomic mass is 19.1. The first kappa shape index (κ1) is 24.3. The van der Waals surface area contributed by atoms with Gasteiger partial charge < -0.3 is 24.7 Å². The molecule has 0 bridgehead atoms. The number of pyridine rings is 1. The predicted octanol–water partition coefficient (Wildman–Crippen LogP) is 4.58. The molecule has 8 nitrogen and oxygen atoms in total. The number of hydrogen-bond acceptors (Lipinski definition) is 4. The van der Waals surface area contributed by atoms with Gasteiger partial charge in [-0.15, -0.1) is 0 Å². The summed E-state index contributed by atoms with van der Waals surface area (Å²) in [6.45, 7) is 1.66. The second-order valence-electron chi connectivity index (χ2n) is 9.06. The highest BCUT2D eigenvalue weighted by molar-refractivity contribution is 5.89. The average molecular weight is 502 g/mol. The van der Waals surface area contributed by atoms with Crippen molar-refractivity contribution in [1.29, 1.82) is 0 Å². The van der Waals surface area contributed by atoms with E-state index >= 15 is 0 Å². The van der Waals surface area contributed by atoms with E-state index in [1.165, 1.54) is 29.8 Å². The van der Waals surface area contributed by atoms with Gasteiger partial charge in [0, 0.05) is 43.9 Å². The van der Waals surface area contributed by atoms with Crippen molar-refractivity contribution in [2.24, 2.45) is 0 Å². The van der Waals surface area contributed by atoms with E-state index in [9.17, 15) is 14.0 Å². The Labute approximate surface area is 214 Å². The number of nitrogens with one attached hydrogen (secondary N) is 2. The van der Waals surface area contributed by atoms with Gasteiger partial charge in [-0.1, -0.05) is 12.1 Å². The van der Waals surface area contributed by atoms with Crippen LogP contribution in [0, 0.1) is 5.82 Å². The summed E-state index contributed by atoms with van der Waals surface area (Å²) < 4.78 is 20.4. The van der Waals surface area contributed by atoms with Crippen LogP contribution in [0.1, 0.15) is 29.9 Å². The van der Waals surface area contributed by atoms with Gasteiger partial charge in [-0.2, -0.15) is 0 Å². The number of ether oxygens (including phenoxy) is 1. The van der Waals surface area contributed by atoms with Gasteiger partial charge in [-0.25, -0.2) is 14.2 Å². The quantitative estimate of drug-likeness (QED) is 0.388. The Morgan fingerprint density at radius 2 is 1.76 bits per heavy atom. The molecule has 2 aromatic carbocycles. The fourth-order valence-corrected chi connectivity index (χ4v) is 4.49. The molecule has 0 saturated carbocycles. The SMILES string of the molecule is O=C(NCc1ccn2ccnc2c1)Nc1ccc(C2CCN(C(=O)COc3ccc(F)cc3)CC2)cc1. The number of aromatic nitrogens is 2. The Morgan fingerprint density at radius 1 is 1.00 bits per heavy atom. The number of fused-ring (bicyclic) bond motifs is 1. The van der Waals surface area contributed by atoms with Gasteiger partial charge in [0.2, 0.25) is 0 Å².